The Labute approximate surface area is 124 Å². The Bertz CT molecular complexity index is 614. The molecule has 98 valence electrons. The second-order valence-corrected chi connectivity index (χ2v) is 5.14. The van der Waals surface area contributed by atoms with Crippen molar-refractivity contribution in [2.45, 2.75) is 6.54 Å². The third-order valence-electron chi connectivity index (χ3n) is 2.69. The van der Waals surface area contributed by atoms with Crippen molar-refractivity contribution in [2.24, 2.45) is 5.73 Å². The Hall–Kier alpha value is -1.60. The number of halogens is 1. The van der Waals surface area contributed by atoms with Crippen LogP contribution in [0.4, 0.5) is 5.69 Å². The van der Waals surface area contributed by atoms with Crippen LogP contribution in [-0.4, -0.2) is 11.0 Å². The standard InChI is InChI=1S/C14H13IN2O2/c15-11-6-5-9(7-13(11)18)14(19)17-12-4-2-1-3-10(12)8-16/h1-7,18H,8,16H2,(H,17,19). The first-order chi connectivity index (χ1) is 9.11. The monoisotopic (exact) mass is 368 g/mol. The Morgan fingerprint density at radius 1 is 1.26 bits per heavy atom. The minimum atomic E-state index is -0.271. The summed E-state index contributed by atoms with van der Waals surface area (Å²) < 4.78 is 0.705. The molecule has 0 aliphatic carbocycles. The van der Waals surface area contributed by atoms with Crippen molar-refractivity contribution in [2.75, 3.05) is 5.32 Å². The number of para-hydroxylation sites is 1. The van der Waals surface area contributed by atoms with Crippen LogP contribution in [0.15, 0.2) is 42.5 Å². The van der Waals surface area contributed by atoms with Crippen molar-refractivity contribution in [1.82, 2.24) is 0 Å². The van der Waals surface area contributed by atoms with E-state index in [1.807, 2.05) is 40.8 Å². The number of carbonyl (C=O) groups is 1. The highest BCUT2D eigenvalue weighted by Crippen LogP contribution is 2.22. The van der Waals surface area contributed by atoms with Crippen molar-refractivity contribution in [3.05, 3.63) is 57.2 Å². The first-order valence-corrected chi connectivity index (χ1v) is 6.77. The highest BCUT2D eigenvalue weighted by Gasteiger charge is 2.10. The van der Waals surface area contributed by atoms with Gasteiger partial charge < -0.3 is 16.2 Å². The molecule has 0 atom stereocenters. The predicted molar refractivity (Wildman–Crippen MR) is 83.1 cm³/mol. The number of anilines is 1. The second-order valence-electron chi connectivity index (χ2n) is 3.98. The molecule has 0 heterocycles. The molecule has 5 heteroatoms. The molecule has 4 N–H and O–H groups in total. The van der Waals surface area contributed by atoms with Crippen molar-refractivity contribution < 1.29 is 9.90 Å². The Balaban J connectivity index is 2.23. The Morgan fingerprint density at radius 2 is 2.00 bits per heavy atom. The number of nitrogens with two attached hydrogens (primary N) is 1. The maximum Gasteiger partial charge on any atom is 0.255 e. The van der Waals surface area contributed by atoms with Crippen LogP contribution in [0.2, 0.25) is 0 Å². The molecule has 0 fully saturated rings. The highest BCUT2D eigenvalue weighted by atomic mass is 127. The fourth-order valence-electron chi connectivity index (χ4n) is 1.67. The Morgan fingerprint density at radius 3 is 2.68 bits per heavy atom. The van der Waals surface area contributed by atoms with Crippen LogP contribution in [0.5, 0.6) is 5.75 Å². The largest absolute Gasteiger partial charge is 0.507 e. The molecule has 0 saturated heterocycles. The minimum Gasteiger partial charge on any atom is -0.507 e. The molecule has 2 aromatic rings. The van der Waals surface area contributed by atoms with Gasteiger partial charge in [-0.25, -0.2) is 0 Å². The molecule has 0 aliphatic rings. The molecule has 0 bridgehead atoms. The molecule has 2 rings (SSSR count). The summed E-state index contributed by atoms with van der Waals surface area (Å²) in [4.78, 5) is 12.1. The summed E-state index contributed by atoms with van der Waals surface area (Å²) in [6, 6.07) is 12.2. The summed E-state index contributed by atoms with van der Waals surface area (Å²) in [6.45, 7) is 0.356. The average Bonchev–Trinajstić information content (AvgIpc) is 2.42. The maximum absolute atomic E-state index is 12.1. The summed E-state index contributed by atoms with van der Waals surface area (Å²) >= 11 is 2.00. The summed E-state index contributed by atoms with van der Waals surface area (Å²) in [5.41, 5.74) is 7.58. The van der Waals surface area contributed by atoms with Crippen LogP contribution in [0.3, 0.4) is 0 Å². The van der Waals surface area contributed by atoms with Crippen LogP contribution in [0, 0.1) is 3.57 Å². The van der Waals surface area contributed by atoms with Gasteiger partial charge in [-0.1, -0.05) is 18.2 Å². The number of hydrogen-bond donors (Lipinski definition) is 3. The zero-order valence-corrected chi connectivity index (χ0v) is 12.2. The van der Waals surface area contributed by atoms with E-state index < -0.39 is 0 Å². The number of benzene rings is 2. The average molecular weight is 368 g/mol. The molecule has 0 saturated carbocycles. The van der Waals surface area contributed by atoms with Gasteiger partial charge >= 0.3 is 0 Å². The van der Waals surface area contributed by atoms with Gasteiger partial charge in [0.25, 0.3) is 5.91 Å². The van der Waals surface area contributed by atoms with Crippen molar-refractivity contribution in [1.29, 1.82) is 0 Å². The zero-order chi connectivity index (χ0) is 13.8. The summed E-state index contributed by atoms with van der Waals surface area (Å²) in [5, 5.41) is 12.4. The van der Waals surface area contributed by atoms with E-state index in [1.165, 1.54) is 6.07 Å². The predicted octanol–water partition coefficient (Wildman–Crippen LogP) is 2.71. The van der Waals surface area contributed by atoms with E-state index in [1.54, 1.807) is 18.2 Å². The summed E-state index contributed by atoms with van der Waals surface area (Å²) in [7, 11) is 0. The van der Waals surface area contributed by atoms with Crippen LogP contribution >= 0.6 is 22.6 Å². The lowest BCUT2D eigenvalue weighted by Gasteiger charge is -2.10. The molecule has 4 nitrogen and oxygen atoms in total. The van der Waals surface area contributed by atoms with E-state index >= 15 is 0 Å². The van der Waals surface area contributed by atoms with Crippen molar-refractivity contribution in [3.8, 4) is 5.75 Å². The third-order valence-corrected chi connectivity index (χ3v) is 3.61. The number of phenols is 1. The molecule has 0 unspecified atom stereocenters. The molecular weight excluding hydrogens is 355 g/mol. The van der Waals surface area contributed by atoms with E-state index in [0.717, 1.165) is 5.56 Å². The van der Waals surface area contributed by atoms with Gasteiger partial charge in [-0.05, 0) is 52.4 Å². The lowest BCUT2D eigenvalue weighted by Crippen LogP contribution is -2.14. The smallest absolute Gasteiger partial charge is 0.255 e. The molecule has 0 spiro atoms. The van der Waals surface area contributed by atoms with Gasteiger partial charge in [0, 0.05) is 17.8 Å². The number of phenolic OH excluding ortho intramolecular Hbond substituents is 1. The summed E-state index contributed by atoms with van der Waals surface area (Å²) in [6.07, 6.45) is 0. The third kappa shape index (κ3) is 3.24. The number of nitrogens with one attached hydrogen (secondary N) is 1. The fourth-order valence-corrected chi connectivity index (χ4v) is 2.00. The second kappa shape index (κ2) is 6.03. The van der Waals surface area contributed by atoms with Gasteiger partial charge in [-0.3, -0.25) is 4.79 Å². The van der Waals surface area contributed by atoms with Crippen LogP contribution in [0.25, 0.3) is 0 Å². The van der Waals surface area contributed by atoms with Gasteiger partial charge in [-0.15, -0.1) is 0 Å². The lowest BCUT2D eigenvalue weighted by atomic mass is 10.1. The van der Waals surface area contributed by atoms with E-state index in [4.69, 9.17) is 5.73 Å². The molecule has 1 amide bonds. The molecule has 0 aliphatic heterocycles. The van der Waals surface area contributed by atoms with Gasteiger partial charge in [0.05, 0.1) is 3.57 Å². The van der Waals surface area contributed by atoms with Gasteiger partial charge in [0.2, 0.25) is 0 Å². The zero-order valence-electron chi connectivity index (χ0n) is 10.1. The molecular formula is C14H13IN2O2. The molecule has 0 radical (unpaired) electrons. The molecule has 2 aromatic carbocycles. The molecule has 0 aromatic heterocycles. The van der Waals surface area contributed by atoms with Crippen molar-refractivity contribution in [3.63, 3.8) is 0 Å². The number of rotatable bonds is 3. The molecule has 19 heavy (non-hydrogen) atoms. The van der Waals surface area contributed by atoms with Crippen LogP contribution < -0.4 is 11.1 Å². The van der Waals surface area contributed by atoms with Gasteiger partial charge in [0.15, 0.2) is 0 Å². The number of aromatic hydroxyl groups is 1. The minimum absolute atomic E-state index is 0.0976. The first-order valence-electron chi connectivity index (χ1n) is 5.69. The van der Waals surface area contributed by atoms with Crippen LogP contribution in [0.1, 0.15) is 15.9 Å². The Kier molecular flexibility index (Phi) is 4.39. The first kappa shape index (κ1) is 13.8. The lowest BCUT2D eigenvalue weighted by molar-refractivity contribution is 0.102. The van der Waals surface area contributed by atoms with E-state index in [2.05, 4.69) is 5.32 Å². The normalized spacial score (nSPS) is 10.2. The van der Waals surface area contributed by atoms with E-state index in [-0.39, 0.29) is 11.7 Å². The van der Waals surface area contributed by atoms with Crippen LogP contribution in [-0.2, 0) is 6.54 Å². The number of amides is 1. The van der Waals surface area contributed by atoms with Crippen molar-refractivity contribution >= 4 is 34.2 Å². The fraction of sp³-hybridized carbons (Fsp3) is 0.0714. The maximum atomic E-state index is 12.1. The quantitative estimate of drug-likeness (QED) is 0.730. The summed E-state index contributed by atoms with van der Waals surface area (Å²) in [5.74, 6) is -0.173. The topological polar surface area (TPSA) is 75.3 Å². The van der Waals surface area contributed by atoms with E-state index in [0.29, 0.717) is 21.4 Å². The van der Waals surface area contributed by atoms with Gasteiger partial charge in [-0.2, -0.15) is 0 Å². The SMILES string of the molecule is NCc1ccccc1NC(=O)c1ccc(I)c(O)c1. The van der Waals surface area contributed by atoms with E-state index in [9.17, 15) is 9.90 Å². The number of hydrogen-bond acceptors (Lipinski definition) is 3. The van der Waals surface area contributed by atoms with Gasteiger partial charge in [0.1, 0.15) is 5.75 Å². The highest BCUT2D eigenvalue weighted by molar-refractivity contribution is 14.1. The number of carbonyl (C=O) groups excluding carboxylic acids is 1.